The first-order valence-electron chi connectivity index (χ1n) is 6.08. The third kappa shape index (κ3) is 3.45. The Kier molecular flexibility index (Phi) is 5.31. The number of fused-ring (bicyclic) bond motifs is 1. The van der Waals surface area contributed by atoms with Gasteiger partial charge in [0.25, 0.3) is 0 Å². The zero-order valence-corrected chi connectivity index (χ0v) is 11.8. The number of ether oxygens (including phenoxy) is 1. The number of thiophene rings is 1. The SMILES string of the molecule is CCCOCC(NN)c1cc2c(s1)CCSC2. The van der Waals surface area contributed by atoms with E-state index in [1.165, 1.54) is 27.5 Å². The molecule has 5 heteroatoms. The van der Waals surface area contributed by atoms with Crippen molar-refractivity contribution in [2.24, 2.45) is 5.84 Å². The summed E-state index contributed by atoms with van der Waals surface area (Å²) in [5, 5.41) is 0. The smallest absolute Gasteiger partial charge is 0.0786 e. The molecule has 0 saturated carbocycles. The molecule has 0 saturated heterocycles. The molecule has 1 aromatic rings. The Bertz CT molecular complexity index is 331. The summed E-state index contributed by atoms with van der Waals surface area (Å²) in [5.41, 5.74) is 4.36. The molecule has 2 heterocycles. The quantitative estimate of drug-likeness (QED) is 0.474. The van der Waals surface area contributed by atoms with Crippen molar-refractivity contribution in [1.82, 2.24) is 5.43 Å². The third-order valence-corrected chi connectivity index (χ3v) is 5.18. The molecule has 0 bridgehead atoms. The number of hydrogen-bond acceptors (Lipinski definition) is 5. The molecule has 0 aliphatic carbocycles. The van der Waals surface area contributed by atoms with E-state index in [2.05, 4.69) is 18.4 Å². The van der Waals surface area contributed by atoms with Crippen molar-refractivity contribution in [3.63, 3.8) is 0 Å². The molecule has 96 valence electrons. The molecule has 0 aromatic carbocycles. The van der Waals surface area contributed by atoms with Gasteiger partial charge in [0.2, 0.25) is 0 Å². The Morgan fingerprint density at radius 2 is 2.47 bits per heavy atom. The van der Waals surface area contributed by atoms with Crippen LogP contribution < -0.4 is 11.3 Å². The average molecular weight is 272 g/mol. The minimum atomic E-state index is 0.141. The number of aryl methyl sites for hydroxylation is 1. The van der Waals surface area contributed by atoms with Gasteiger partial charge >= 0.3 is 0 Å². The predicted octanol–water partition coefficient (Wildman–Crippen LogP) is 2.47. The van der Waals surface area contributed by atoms with Gasteiger partial charge in [-0.15, -0.1) is 11.3 Å². The van der Waals surface area contributed by atoms with Crippen molar-refractivity contribution in [3.05, 3.63) is 21.4 Å². The van der Waals surface area contributed by atoms with Crippen LogP contribution in [-0.2, 0) is 16.9 Å². The lowest BCUT2D eigenvalue weighted by Crippen LogP contribution is -2.30. The van der Waals surface area contributed by atoms with Gasteiger partial charge in [0, 0.05) is 22.1 Å². The number of nitrogens with one attached hydrogen (secondary N) is 1. The van der Waals surface area contributed by atoms with Crippen LogP contribution in [0.4, 0.5) is 0 Å². The molecule has 2 rings (SSSR count). The van der Waals surface area contributed by atoms with E-state index in [1.807, 2.05) is 23.1 Å². The van der Waals surface area contributed by atoms with Crippen LogP contribution in [0.5, 0.6) is 0 Å². The summed E-state index contributed by atoms with van der Waals surface area (Å²) in [4.78, 5) is 2.85. The van der Waals surface area contributed by atoms with E-state index < -0.39 is 0 Å². The van der Waals surface area contributed by atoms with Crippen LogP contribution in [0.3, 0.4) is 0 Å². The minimum Gasteiger partial charge on any atom is -0.379 e. The van der Waals surface area contributed by atoms with E-state index in [1.54, 1.807) is 0 Å². The molecule has 0 spiro atoms. The monoisotopic (exact) mass is 272 g/mol. The van der Waals surface area contributed by atoms with E-state index in [4.69, 9.17) is 10.6 Å². The van der Waals surface area contributed by atoms with E-state index in [9.17, 15) is 0 Å². The van der Waals surface area contributed by atoms with Gasteiger partial charge in [-0.05, 0) is 30.2 Å². The molecule has 1 aliphatic heterocycles. The van der Waals surface area contributed by atoms with Crippen LogP contribution in [0, 0.1) is 0 Å². The molecule has 1 atom stereocenters. The lowest BCUT2D eigenvalue weighted by Gasteiger charge is -2.14. The molecule has 0 amide bonds. The molecule has 1 aromatic heterocycles. The zero-order valence-electron chi connectivity index (χ0n) is 10.2. The van der Waals surface area contributed by atoms with Crippen molar-refractivity contribution in [2.75, 3.05) is 19.0 Å². The maximum atomic E-state index is 5.62. The Morgan fingerprint density at radius 1 is 1.59 bits per heavy atom. The highest BCUT2D eigenvalue weighted by atomic mass is 32.2. The maximum absolute atomic E-state index is 5.62. The topological polar surface area (TPSA) is 47.3 Å². The Hall–Kier alpha value is -0.0700. The zero-order chi connectivity index (χ0) is 12.1. The first-order valence-corrected chi connectivity index (χ1v) is 8.05. The summed E-state index contributed by atoms with van der Waals surface area (Å²) in [5.74, 6) is 8.02. The number of rotatable bonds is 6. The van der Waals surface area contributed by atoms with Crippen LogP contribution in [0.15, 0.2) is 6.07 Å². The van der Waals surface area contributed by atoms with Crippen molar-refractivity contribution in [3.8, 4) is 0 Å². The van der Waals surface area contributed by atoms with Gasteiger partial charge in [0.1, 0.15) is 0 Å². The second-order valence-corrected chi connectivity index (χ2v) is 6.47. The van der Waals surface area contributed by atoms with Gasteiger partial charge in [-0.25, -0.2) is 5.43 Å². The fraction of sp³-hybridized carbons (Fsp3) is 0.667. The van der Waals surface area contributed by atoms with Crippen molar-refractivity contribution in [1.29, 1.82) is 0 Å². The van der Waals surface area contributed by atoms with Gasteiger partial charge in [0.05, 0.1) is 12.6 Å². The highest BCUT2D eigenvalue weighted by molar-refractivity contribution is 7.98. The lowest BCUT2D eigenvalue weighted by molar-refractivity contribution is 0.113. The largest absolute Gasteiger partial charge is 0.379 e. The number of hydrogen-bond donors (Lipinski definition) is 2. The normalized spacial score (nSPS) is 16.8. The Labute approximate surface area is 111 Å². The van der Waals surface area contributed by atoms with Crippen LogP contribution in [0.25, 0.3) is 0 Å². The number of hydrazine groups is 1. The first-order chi connectivity index (χ1) is 8.35. The summed E-state index contributed by atoms with van der Waals surface area (Å²) < 4.78 is 5.58. The van der Waals surface area contributed by atoms with Gasteiger partial charge < -0.3 is 4.74 Å². The van der Waals surface area contributed by atoms with Gasteiger partial charge in [-0.1, -0.05) is 6.92 Å². The fourth-order valence-electron chi connectivity index (χ4n) is 1.90. The average Bonchev–Trinajstić information content (AvgIpc) is 2.78. The third-order valence-electron chi connectivity index (χ3n) is 2.82. The van der Waals surface area contributed by atoms with Gasteiger partial charge in [-0.3, -0.25) is 5.84 Å². The summed E-state index contributed by atoms with van der Waals surface area (Å²) in [6, 6.07) is 2.44. The van der Waals surface area contributed by atoms with E-state index in [-0.39, 0.29) is 6.04 Å². The molecule has 1 unspecified atom stereocenters. The van der Waals surface area contributed by atoms with Gasteiger partial charge in [-0.2, -0.15) is 11.8 Å². The Balaban J connectivity index is 2.00. The Morgan fingerprint density at radius 3 is 3.18 bits per heavy atom. The molecule has 17 heavy (non-hydrogen) atoms. The second-order valence-electron chi connectivity index (χ2n) is 4.19. The van der Waals surface area contributed by atoms with E-state index in [0.717, 1.165) is 18.8 Å². The maximum Gasteiger partial charge on any atom is 0.0786 e. The predicted molar refractivity (Wildman–Crippen MR) is 75.4 cm³/mol. The lowest BCUT2D eigenvalue weighted by atomic mass is 10.2. The molecule has 0 radical (unpaired) electrons. The molecule has 1 aliphatic rings. The summed E-state index contributed by atoms with van der Waals surface area (Å²) in [6.45, 7) is 3.59. The van der Waals surface area contributed by atoms with E-state index in [0.29, 0.717) is 6.61 Å². The highest BCUT2D eigenvalue weighted by Crippen LogP contribution is 2.34. The highest BCUT2D eigenvalue weighted by Gasteiger charge is 2.18. The summed E-state index contributed by atoms with van der Waals surface area (Å²) in [6.07, 6.45) is 2.26. The molecular weight excluding hydrogens is 252 g/mol. The molecule has 3 nitrogen and oxygen atoms in total. The van der Waals surface area contributed by atoms with Gasteiger partial charge in [0.15, 0.2) is 0 Å². The van der Waals surface area contributed by atoms with Crippen molar-refractivity contribution < 1.29 is 4.74 Å². The number of thioether (sulfide) groups is 1. The van der Waals surface area contributed by atoms with Crippen molar-refractivity contribution >= 4 is 23.1 Å². The van der Waals surface area contributed by atoms with Crippen molar-refractivity contribution in [2.45, 2.75) is 31.6 Å². The second kappa shape index (κ2) is 6.75. The minimum absolute atomic E-state index is 0.141. The van der Waals surface area contributed by atoms with Crippen LogP contribution >= 0.6 is 23.1 Å². The molecule has 0 fully saturated rings. The number of nitrogens with two attached hydrogens (primary N) is 1. The summed E-state index contributed by atoms with van der Waals surface area (Å²) in [7, 11) is 0. The van der Waals surface area contributed by atoms with Crippen LogP contribution in [-0.4, -0.2) is 19.0 Å². The molecule has 3 N–H and O–H groups in total. The van der Waals surface area contributed by atoms with Crippen LogP contribution in [0.1, 0.15) is 34.7 Å². The standard InChI is InChI=1S/C12H20N2OS2/c1-2-4-15-7-10(14-13)12-6-9-8-16-5-3-11(9)17-12/h6,10,14H,2-5,7-8,13H2,1H3. The first kappa shape index (κ1) is 13.4. The summed E-state index contributed by atoms with van der Waals surface area (Å²) >= 11 is 3.91. The fourth-order valence-corrected chi connectivity index (χ4v) is 4.32. The molecular formula is C12H20N2OS2. The van der Waals surface area contributed by atoms with Crippen LogP contribution in [0.2, 0.25) is 0 Å². The van der Waals surface area contributed by atoms with E-state index >= 15 is 0 Å².